The number of thiophene rings is 1. The van der Waals surface area contributed by atoms with E-state index in [0.29, 0.717) is 22.0 Å². The maximum atomic E-state index is 12.7. The number of aromatic nitrogens is 2. The van der Waals surface area contributed by atoms with Crippen LogP contribution in [0.2, 0.25) is 5.02 Å². The molecule has 3 aromatic rings. The molecule has 10 heteroatoms. The average molecular weight is 416 g/mol. The molecule has 0 atom stereocenters. The van der Waals surface area contributed by atoms with Crippen molar-refractivity contribution in [2.24, 2.45) is 0 Å². The molecule has 2 aromatic heterocycles. The van der Waals surface area contributed by atoms with Crippen LogP contribution in [-0.2, 0) is 12.7 Å². The Balaban J connectivity index is 1.77. The highest BCUT2D eigenvalue weighted by molar-refractivity contribution is 7.15. The lowest BCUT2D eigenvalue weighted by Gasteiger charge is -2.20. The van der Waals surface area contributed by atoms with E-state index in [1.807, 2.05) is 6.92 Å². The Morgan fingerprint density at radius 3 is 2.63 bits per heavy atom. The molecular weight excluding hydrogens is 403 g/mol. The van der Waals surface area contributed by atoms with E-state index in [1.54, 1.807) is 41.3 Å². The summed E-state index contributed by atoms with van der Waals surface area (Å²) < 4.78 is 42.0. The van der Waals surface area contributed by atoms with Gasteiger partial charge in [-0.3, -0.25) is 4.79 Å². The summed E-state index contributed by atoms with van der Waals surface area (Å²) in [5, 5.41) is 3.73. The molecule has 142 valence electrons. The maximum absolute atomic E-state index is 12.7. The van der Waals surface area contributed by atoms with Gasteiger partial charge < -0.3 is 9.42 Å². The van der Waals surface area contributed by atoms with Crippen LogP contribution < -0.4 is 0 Å². The van der Waals surface area contributed by atoms with E-state index in [-0.39, 0.29) is 18.3 Å². The van der Waals surface area contributed by atoms with Gasteiger partial charge in [-0.1, -0.05) is 28.9 Å². The number of alkyl halides is 3. The van der Waals surface area contributed by atoms with Gasteiger partial charge in [0.25, 0.3) is 5.91 Å². The summed E-state index contributed by atoms with van der Waals surface area (Å²) in [6.45, 7) is 2.56. The van der Waals surface area contributed by atoms with Gasteiger partial charge in [-0.25, -0.2) is 0 Å². The Kier molecular flexibility index (Phi) is 5.52. The Morgan fingerprint density at radius 2 is 2.00 bits per heavy atom. The lowest BCUT2D eigenvalue weighted by atomic mass is 10.2. The van der Waals surface area contributed by atoms with Crippen LogP contribution in [-0.4, -0.2) is 27.5 Å². The third-order valence-corrected chi connectivity index (χ3v) is 5.07. The minimum Gasteiger partial charge on any atom is -0.334 e. The highest BCUT2D eigenvalue weighted by Gasteiger charge is 2.38. The molecule has 0 aliphatic rings. The second kappa shape index (κ2) is 7.69. The standard InChI is InChI=1S/C17H13ClF3N3O2S/c1-2-24(15(25)11-5-3-4-6-12(11)18)9-10-7-8-13(27-10)14-22-16(26-23-14)17(19,20)21/h3-8H,2,9H2,1H3. The molecule has 27 heavy (non-hydrogen) atoms. The quantitative estimate of drug-likeness (QED) is 0.579. The molecule has 0 aliphatic carbocycles. The molecule has 3 rings (SSSR count). The summed E-state index contributed by atoms with van der Waals surface area (Å²) in [4.78, 5) is 18.8. The fourth-order valence-corrected chi connectivity index (χ4v) is 3.51. The van der Waals surface area contributed by atoms with Gasteiger partial charge >= 0.3 is 12.1 Å². The van der Waals surface area contributed by atoms with Crippen molar-refractivity contribution in [3.63, 3.8) is 0 Å². The highest BCUT2D eigenvalue weighted by atomic mass is 35.5. The fourth-order valence-electron chi connectivity index (χ4n) is 2.34. The van der Waals surface area contributed by atoms with Crippen molar-refractivity contribution in [1.29, 1.82) is 0 Å². The number of benzene rings is 1. The number of hydrogen-bond donors (Lipinski definition) is 0. The Bertz CT molecular complexity index is 955. The van der Waals surface area contributed by atoms with Crippen molar-refractivity contribution in [1.82, 2.24) is 15.0 Å². The largest absolute Gasteiger partial charge is 0.471 e. The highest BCUT2D eigenvalue weighted by Crippen LogP contribution is 2.32. The van der Waals surface area contributed by atoms with E-state index in [4.69, 9.17) is 11.6 Å². The van der Waals surface area contributed by atoms with Crippen LogP contribution in [0.5, 0.6) is 0 Å². The Morgan fingerprint density at radius 1 is 1.26 bits per heavy atom. The van der Waals surface area contributed by atoms with Gasteiger partial charge in [0.2, 0.25) is 5.82 Å². The molecule has 5 nitrogen and oxygen atoms in total. The monoisotopic (exact) mass is 415 g/mol. The summed E-state index contributed by atoms with van der Waals surface area (Å²) in [5.41, 5.74) is 0.394. The first-order chi connectivity index (χ1) is 12.8. The summed E-state index contributed by atoms with van der Waals surface area (Å²) in [6.07, 6.45) is -4.69. The Labute approximate surface area is 161 Å². The van der Waals surface area contributed by atoms with E-state index in [2.05, 4.69) is 14.7 Å². The van der Waals surface area contributed by atoms with Crippen LogP contribution in [0.1, 0.15) is 28.0 Å². The fraction of sp³-hybridized carbons (Fsp3) is 0.235. The van der Waals surface area contributed by atoms with E-state index in [0.717, 1.165) is 4.88 Å². The zero-order valence-corrected chi connectivity index (χ0v) is 15.5. The van der Waals surface area contributed by atoms with Crippen molar-refractivity contribution < 1.29 is 22.5 Å². The van der Waals surface area contributed by atoms with Crippen LogP contribution in [0, 0.1) is 0 Å². The maximum Gasteiger partial charge on any atom is 0.471 e. The summed E-state index contributed by atoms with van der Waals surface area (Å²) in [5.74, 6) is -1.76. The molecular formula is C17H13ClF3N3O2S. The van der Waals surface area contributed by atoms with Crippen molar-refractivity contribution in [2.45, 2.75) is 19.6 Å². The normalized spacial score (nSPS) is 11.6. The molecule has 0 N–H and O–H groups in total. The molecule has 0 unspecified atom stereocenters. The SMILES string of the molecule is CCN(Cc1ccc(-c2noc(C(F)(F)F)n2)s1)C(=O)c1ccccc1Cl. The zero-order chi connectivity index (χ0) is 19.6. The third-order valence-electron chi connectivity index (χ3n) is 3.67. The number of carbonyl (C=O) groups excluding carboxylic acids is 1. The van der Waals surface area contributed by atoms with E-state index in [1.165, 1.54) is 11.3 Å². The number of carbonyl (C=O) groups is 1. The van der Waals surface area contributed by atoms with Gasteiger partial charge in [0.05, 0.1) is 22.0 Å². The van der Waals surface area contributed by atoms with Crippen LogP contribution >= 0.6 is 22.9 Å². The Hall–Kier alpha value is -2.39. The topological polar surface area (TPSA) is 59.2 Å². The van der Waals surface area contributed by atoms with Crippen molar-refractivity contribution >= 4 is 28.8 Å². The second-order valence-electron chi connectivity index (χ2n) is 5.49. The predicted molar refractivity (Wildman–Crippen MR) is 94.5 cm³/mol. The van der Waals surface area contributed by atoms with Gasteiger partial charge in [-0.15, -0.1) is 11.3 Å². The third kappa shape index (κ3) is 4.30. The van der Waals surface area contributed by atoms with Gasteiger partial charge in [0.1, 0.15) is 0 Å². The van der Waals surface area contributed by atoms with E-state index >= 15 is 0 Å². The predicted octanol–water partition coefficient (Wildman–Crippen LogP) is 5.13. The van der Waals surface area contributed by atoms with Gasteiger partial charge in [-0.05, 0) is 31.2 Å². The average Bonchev–Trinajstić information content (AvgIpc) is 3.28. The summed E-state index contributed by atoms with van der Waals surface area (Å²) in [6, 6.07) is 10.1. The van der Waals surface area contributed by atoms with Crippen LogP contribution in [0.3, 0.4) is 0 Å². The lowest BCUT2D eigenvalue weighted by Crippen LogP contribution is -2.30. The van der Waals surface area contributed by atoms with Gasteiger partial charge in [0, 0.05) is 11.4 Å². The molecule has 0 fully saturated rings. The molecule has 0 bridgehead atoms. The number of nitrogens with zero attached hydrogens (tertiary/aromatic N) is 3. The van der Waals surface area contributed by atoms with Crippen molar-refractivity contribution in [3.05, 3.63) is 57.8 Å². The van der Waals surface area contributed by atoms with Gasteiger partial charge in [-0.2, -0.15) is 18.2 Å². The first-order valence-corrected chi connectivity index (χ1v) is 9.03. The molecule has 1 amide bonds. The van der Waals surface area contributed by atoms with Gasteiger partial charge in [0.15, 0.2) is 0 Å². The van der Waals surface area contributed by atoms with E-state index in [9.17, 15) is 18.0 Å². The first kappa shape index (κ1) is 19.4. The molecule has 2 heterocycles. The number of amides is 1. The van der Waals surface area contributed by atoms with Crippen LogP contribution in [0.25, 0.3) is 10.7 Å². The van der Waals surface area contributed by atoms with Crippen LogP contribution in [0.15, 0.2) is 40.9 Å². The minimum atomic E-state index is -4.69. The number of halogens is 4. The second-order valence-corrected chi connectivity index (χ2v) is 7.06. The molecule has 0 aliphatic heterocycles. The van der Waals surface area contributed by atoms with Crippen molar-refractivity contribution in [2.75, 3.05) is 6.54 Å². The molecule has 1 aromatic carbocycles. The van der Waals surface area contributed by atoms with Crippen LogP contribution in [0.4, 0.5) is 13.2 Å². The van der Waals surface area contributed by atoms with E-state index < -0.39 is 12.1 Å². The molecule has 0 spiro atoms. The molecule has 0 saturated carbocycles. The van der Waals surface area contributed by atoms with Crippen molar-refractivity contribution in [3.8, 4) is 10.7 Å². The minimum absolute atomic E-state index is 0.140. The molecule has 0 radical (unpaired) electrons. The lowest BCUT2D eigenvalue weighted by molar-refractivity contribution is -0.159. The molecule has 0 saturated heterocycles. The number of rotatable bonds is 5. The first-order valence-electron chi connectivity index (χ1n) is 7.83. The summed E-state index contributed by atoms with van der Waals surface area (Å²) >= 11 is 7.27. The summed E-state index contributed by atoms with van der Waals surface area (Å²) in [7, 11) is 0. The number of hydrogen-bond acceptors (Lipinski definition) is 5. The smallest absolute Gasteiger partial charge is 0.334 e. The zero-order valence-electron chi connectivity index (χ0n) is 14.0.